The van der Waals surface area contributed by atoms with E-state index in [4.69, 9.17) is 5.73 Å². The Morgan fingerprint density at radius 1 is 1.19 bits per heavy atom. The maximum Gasteiger partial charge on any atom is 0.243 e. The molecule has 1 saturated heterocycles. The summed E-state index contributed by atoms with van der Waals surface area (Å²) in [5.74, 6) is -2.22. The Balaban J connectivity index is 2.00. The molecule has 1 fully saturated rings. The van der Waals surface area contributed by atoms with Crippen LogP contribution in [0.2, 0.25) is 0 Å². The maximum absolute atomic E-state index is 13.7. The Kier molecular flexibility index (Phi) is 5.13. The van der Waals surface area contributed by atoms with Crippen LogP contribution in [0.15, 0.2) is 17.0 Å². The molecule has 0 aromatic heterocycles. The number of rotatable bonds is 5. The molecule has 0 atom stereocenters. The molecule has 0 unspecified atom stereocenters. The molecule has 21 heavy (non-hydrogen) atoms. The summed E-state index contributed by atoms with van der Waals surface area (Å²) in [6.07, 6.45) is 3.41. The second-order valence-electron chi connectivity index (χ2n) is 5.07. The van der Waals surface area contributed by atoms with E-state index in [1.54, 1.807) is 0 Å². The van der Waals surface area contributed by atoms with Crippen LogP contribution in [0.3, 0.4) is 0 Å². The molecule has 0 amide bonds. The average Bonchev–Trinajstić information content (AvgIpc) is 2.45. The van der Waals surface area contributed by atoms with E-state index in [2.05, 4.69) is 9.62 Å². The van der Waals surface area contributed by atoms with Crippen molar-refractivity contribution in [3.8, 4) is 0 Å². The lowest BCUT2D eigenvalue weighted by molar-refractivity contribution is 0.232. The number of piperidine rings is 1. The number of nitrogens with two attached hydrogens (primary N) is 1. The summed E-state index contributed by atoms with van der Waals surface area (Å²) < 4.78 is 53.1. The molecule has 0 radical (unpaired) electrons. The highest BCUT2D eigenvalue weighted by molar-refractivity contribution is 7.89. The third kappa shape index (κ3) is 3.90. The highest BCUT2D eigenvalue weighted by Crippen LogP contribution is 2.22. The van der Waals surface area contributed by atoms with Crippen molar-refractivity contribution < 1.29 is 17.2 Å². The first-order valence-corrected chi connectivity index (χ1v) is 8.35. The lowest BCUT2D eigenvalue weighted by Crippen LogP contribution is -2.37. The van der Waals surface area contributed by atoms with Gasteiger partial charge < -0.3 is 10.6 Å². The lowest BCUT2D eigenvalue weighted by Gasteiger charge is -2.26. The molecule has 1 heterocycles. The van der Waals surface area contributed by atoms with Crippen LogP contribution >= 0.6 is 0 Å². The number of sulfonamides is 1. The van der Waals surface area contributed by atoms with Gasteiger partial charge in [0.1, 0.15) is 16.4 Å². The van der Waals surface area contributed by atoms with Gasteiger partial charge in [-0.1, -0.05) is 6.42 Å². The molecule has 1 aromatic rings. The minimum Gasteiger partial charge on any atom is -0.394 e. The molecule has 0 saturated carbocycles. The molecular weight excluding hydrogens is 300 g/mol. The van der Waals surface area contributed by atoms with Gasteiger partial charge in [-0.05, 0) is 38.1 Å². The summed E-state index contributed by atoms with van der Waals surface area (Å²) >= 11 is 0. The number of benzene rings is 1. The molecule has 1 aliphatic rings. The predicted molar refractivity (Wildman–Crippen MR) is 76.2 cm³/mol. The van der Waals surface area contributed by atoms with Crippen molar-refractivity contribution in [2.24, 2.45) is 0 Å². The van der Waals surface area contributed by atoms with Crippen LogP contribution in [0.25, 0.3) is 0 Å². The van der Waals surface area contributed by atoms with Crippen LogP contribution in [0.1, 0.15) is 19.3 Å². The van der Waals surface area contributed by atoms with Gasteiger partial charge in [-0.25, -0.2) is 21.9 Å². The molecule has 8 heteroatoms. The smallest absolute Gasteiger partial charge is 0.243 e. The van der Waals surface area contributed by atoms with Crippen LogP contribution in [0, 0.1) is 11.6 Å². The van der Waals surface area contributed by atoms with Crippen LogP contribution in [-0.2, 0) is 10.0 Å². The van der Waals surface area contributed by atoms with E-state index in [-0.39, 0.29) is 6.54 Å². The summed E-state index contributed by atoms with van der Waals surface area (Å²) in [4.78, 5) is 1.53. The Morgan fingerprint density at radius 2 is 1.86 bits per heavy atom. The first-order valence-electron chi connectivity index (χ1n) is 6.87. The Labute approximate surface area is 123 Å². The Morgan fingerprint density at radius 3 is 2.52 bits per heavy atom. The van der Waals surface area contributed by atoms with Crippen molar-refractivity contribution in [3.63, 3.8) is 0 Å². The number of hydrogen-bond donors (Lipinski definition) is 2. The molecule has 3 N–H and O–H groups in total. The van der Waals surface area contributed by atoms with Gasteiger partial charge in [0.25, 0.3) is 0 Å². The normalized spacial score (nSPS) is 17.0. The summed E-state index contributed by atoms with van der Waals surface area (Å²) in [5, 5.41) is 0. The predicted octanol–water partition coefficient (Wildman–Crippen LogP) is 1.31. The second-order valence-corrected chi connectivity index (χ2v) is 6.81. The molecule has 0 bridgehead atoms. The number of halogens is 2. The molecule has 1 aliphatic heterocycles. The fourth-order valence-corrected chi connectivity index (χ4v) is 3.46. The topological polar surface area (TPSA) is 75.4 Å². The van der Waals surface area contributed by atoms with Crippen LogP contribution in [-0.4, -0.2) is 39.5 Å². The lowest BCUT2D eigenvalue weighted by atomic mass is 10.1. The van der Waals surface area contributed by atoms with Gasteiger partial charge >= 0.3 is 0 Å². The summed E-state index contributed by atoms with van der Waals surface area (Å²) in [6.45, 7) is 2.63. The largest absolute Gasteiger partial charge is 0.394 e. The first kappa shape index (κ1) is 16.1. The standard InChI is InChI=1S/C13H19F2N3O2S/c14-10-4-5-11(12(15)13(10)16)21(19,20)17-6-9-18-7-2-1-3-8-18/h4-5,17H,1-3,6-9,16H2. The fourth-order valence-electron chi connectivity index (χ4n) is 2.36. The van der Waals surface area contributed by atoms with Crippen LogP contribution in [0.5, 0.6) is 0 Å². The molecule has 0 aliphatic carbocycles. The number of nitrogens with one attached hydrogen (secondary N) is 1. The van der Waals surface area contributed by atoms with E-state index >= 15 is 0 Å². The Bertz CT molecular complexity index is 602. The first-order chi connectivity index (χ1) is 9.92. The average molecular weight is 319 g/mol. The second kappa shape index (κ2) is 6.67. The van der Waals surface area contributed by atoms with Gasteiger partial charge in [-0.15, -0.1) is 0 Å². The zero-order valence-electron chi connectivity index (χ0n) is 11.6. The van der Waals surface area contributed by atoms with E-state index in [0.717, 1.165) is 38.1 Å². The van der Waals surface area contributed by atoms with E-state index in [1.807, 2.05) is 0 Å². The van der Waals surface area contributed by atoms with Crippen molar-refractivity contribution in [2.75, 3.05) is 31.9 Å². The minimum absolute atomic E-state index is 0.180. The highest BCUT2D eigenvalue weighted by atomic mass is 32.2. The summed E-state index contributed by atoms with van der Waals surface area (Å²) in [5.41, 5.74) is 4.39. The molecular formula is C13H19F2N3O2S. The SMILES string of the molecule is Nc1c(F)ccc(S(=O)(=O)NCCN2CCCCC2)c1F. The van der Waals surface area contributed by atoms with Crippen LogP contribution in [0.4, 0.5) is 14.5 Å². The van der Waals surface area contributed by atoms with Gasteiger partial charge in [-0.2, -0.15) is 0 Å². The van der Waals surface area contributed by atoms with Crippen molar-refractivity contribution in [2.45, 2.75) is 24.2 Å². The zero-order valence-corrected chi connectivity index (χ0v) is 12.4. The third-order valence-corrected chi connectivity index (χ3v) is 5.03. The van der Waals surface area contributed by atoms with Crippen molar-refractivity contribution >= 4 is 15.7 Å². The summed E-state index contributed by atoms with van der Waals surface area (Å²) in [6, 6.07) is 1.72. The van der Waals surface area contributed by atoms with Crippen molar-refractivity contribution in [1.82, 2.24) is 9.62 Å². The van der Waals surface area contributed by atoms with Crippen molar-refractivity contribution in [3.05, 3.63) is 23.8 Å². The highest BCUT2D eigenvalue weighted by Gasteiger charge is 2.22. The minimum atomic E-state index is -4.03. The molecule has 2 rings (SSSR count). The van der Waals surface area contributed by atoms with E-state index in [1.165, 1.54) is 6.42 Å². The number of nitrogen functional groups attached to an aromatic ring is 1. The van der Waals surface area contributed by atoms with Gasteiger partial charge in [0.15, 0.2) is 5.82 Å². The van der Waals surface area contributed by atoms with E-state index in [0.29, 0.717) is 6.54 Å². The number of hydrogen-bond acceptors (Lipinski definition) is 4. The van der Waals surface area contributed by atoms with Gasteiger partial charge in [-0.3, -0.25) is 0 Å². The fraction of sp³-hybridized carbons (Fsp3) is 0.538. The van der Waals surface area contributed by atoms with E-state index < -0.39 is 32.2 Å². The molecule has 1 aromatic carbocycles. The van der Waals surface area contributed by atoms with Crippen LogP contribution < -0.4 is 10.5 Å². The molecule has 5 nitrogen and oxygen atoms in total. The van der Waals surface area contributed by atoms with Gasteiger partial charge in [0.2, 0.25) is 10.0 Å². The number of nitrogens with zero attached hydrogens (tertiary/aromatic N) is 1. The van der Waals surface area contributed by atoms with E-state index in [9.17, 15) is 17.2 Å². The quantitative estimate of drug-likeness (QED) is 0.803. The third-order valence-electron chi connectivity index (χ3n) is 3.55. The molecule has 118 valence electrons. The maximum atomic E-state index is 13.7. The van der Waals surface area contributed by atoms with Crippen molar-refractivity contribution in [1.29, 1.82) is 0 Å². The van der Waals surface area contributed by atoms with Gasteiger partial charge in [0, 0.05) is 13.1 Å². The monoisotopic (exact) mass is 319 g/mol. The number of anilines is 1. The zero-order chi connectivity index (χ0) is 15.5. The van der Waals surface area contributed by atoms with Gasteiger partial charge in [0.05, 0.1) is 0 Å². The number of likely N-dealkylation sites (tertiary alicyclic amines) is 1. The molecule has 0 spiro atoms. The Hall–Kier alpha value is -1.25. The summed E-state index contributed by atoms with van der Waals surface area (Å²) in [7, 11) is -4.03.